The van der Waals surface area contributed by atoms with E-state index in [1.54, 1.807) is 30.7 Å². The first kappa shape index (κ1) is 12.5. The zero-order valence-electron chi connectivity index (χ0n) is 11.5. The van der Waals surface area contributed by atoms with Crippen molar-refractivity contribution >= 4 is 0 Å². The molecule has 1 aromatic carbocycles. The first-order chi connectivity index (χ1) is 10.8. The van der Waals surface area contributed by atoms with Gasteiger partial charge in [0, 0.05) is 5.56 Å². The fourth-order valence-corrected chi connectivity index (χ4v) is 2.35. The molecule has 4 rings (SSSR count). The molecule has 108 valence electrons. The number of H-pyrrole nitrogens is 1. The summed E-state index contributed by atoms with van der Waals surface area (Å²) < 4.78 is 10.9. The first-order valence-electron chi connectivity index (χ1n) is 6.78. The standard InChI is InChI=1S/C17H12N2O3/c20-12-5-1-4-11(10-12)17-18-15(13-6-2-8-21-13)16(19-17)14-7-3-9-22-14/h1-10,20H,(H,18,19). The number of imidazole rings is 1. The number of aromatic hydroxyl groups is 1. The van der Waals surface area contributed by atoms with E-state index in [9.17, 15) is 5.11 Å². The maximum atomic E-state index is 9.64. The van der Waals surface area contributed by atoms with Crippen LogP contribution in [0.15, 0.2) is 69.9 Å². The predicted molar refractivity (Wildman–Crippen MR) is 81.1 cm³/mol. The number of rotatable bonds is 3. The Morgan fingerprint density at radius 3 is 2.36 bits per heavy atom. The second kappa shape index (κ2) is 4.96. The van der Waals surface area contributed by atoms with Crippen LogP contribution >= 0.6 is 0 Å². The quantitative estimate of drug-likeness (QED) is 0.590. The van der Waals surface area contributed by atoms with Gasteiger partial charge in [0.05, 0.1) is 12.5 Å². The fourth-order valence-electron chi connectivity index (χ4n) is 2.35. The normalized spacial score (nSPS) is 10.9. The lowest BCUT2D eigenvalue weighted by molar-refractivity contribution is 0.475. The van der Waals surface area contributed by atoms with Gasteiger partial charge in [0.25, 0.3) is 0 Å². The second-order valence-electron chi connectivity index (χ2n) is 4.81. The molecule has 0 saturated heterocycles. The Balaban J connectivity index is 1.90. The summed E-state index contributed by atoms with van der Waals surface area (Å²) in [4.78, 5) is 7.84. The van der Waals surface area contributed by atoms with Gasteiger partial charge < -0.3 is 18.9 Å². The number of furan rings is 2. The van der Waals surface area contributed by atoms with Crippen LogP contribution in [-0.2, 0) is 0 Å². The Kier molecular flexibility index (Phi) is 2.83. The van der Waals surface area contributed by atoms with Gasteiger partial charge in [-0.2, -0.15) is 0 Å². The Morgan fingerprint density at radius 1 is 0.909 bits per heavy atom. The molecule has 0 amide bonds. The lowest BCUT2D eigenvalue weighted by atomic mass is 10.2. The zero-order valence-corrected chi connectivity index (χ0v) is 11.5. The maximum absolute atomic E-state index is 9.64. The van der Waals surface area contributed by atoms with Crippen LogP contribution in [0.3, 0.4) is 0 Å². The minimum atomic E-state index is 0.188. The number of phenolic OH excluding ortho intramolecular Hbond substituents is 1. The van der Waals surface area contributed by atoms with Crippen molar-refractivity contribution in [1.29, 1.82) is 0 Å². The molecule has 0 aliphatic heterocycles. The molecule has 4 aromatic rings. The molecule has 0 radical (unpaired) electrons. The Morgan fingerprint density at radius 2 is 1.68 bits per heavy atom. The van der Waals surface area contributed by atoms with Crippen molar-refractivity contribution in [3.05, 3.63) is 61.1 Å². The Bertz CT molecular complexity index is 838. The summed E-state index contributed by atoms with van der Waals surface area (Å²) in [6, 6.07) is 14.2. The molecule has 0 saturated carbocycles. The molecule has 5 heteroatoms. The molecule has 5 nitrogen and oxygen atoms in total. The van der Waals surface area contributed by atoms with Crippen molar-refractivity contribution in [2.24, 2.45) is 0 Å². The van der Waals surface area contributed by atoms with Crippen molar-refractivity contribution in [2.45, 2.75) is 0 Å². The smallest absolute Gasteiger partial charge is 0.154 e. The molecule has 22 heavy (non-hydrogen) atoms. The van der Waals surface area contributed by atoms with E-state index in [1.165, 1.54) is 0 Å². The third-order valence-corrected chi connectivity index (χ3v) is 3.35. The Hall–Kier alpha value is -3.21. The summed E-state index contributed by atoms with van der Waals surface area (Å²) in [5, 5.41) is 9.64. The monoisotopic (exact) mass is 292 g/mol. The number of hydrogen-bond acceptors (Lipinski definition) is 4. The number of aromatic nitrogens is 2. The van der Waals surface area contributed by atoms with Gasteiger partial charge in [-0.3, -0.25) is 0 Å². The van der Waals surface area contributed by atoms with Crippen molar-refractivity contribution in [3.8, 4) is 40.0 Å². The van der Waals surface area contributed by atoms with E-state index in [2.05, 4.69) is 9.97 Å². The van der Waals surface area contributed by atoms with Crippen LogP contribution in [0.4, 0.5) is 0 Å². The first-order valence-corrected chi connectivity index (χ1v) is 6.78. The average molecular weight is 292 g/mol. The van der Waals surface area contributed by atoms with Gasteiger partial charge in [-0.05, 0) is 36.4 Å². The van der Waals surface area contributed by atoms with Gasteiger partial charge in [-0.15, -0.1) is 0 Å². The minimum absolute atomic E-state index is 0.188. The van der Waals surface area contributed by atoms with Crippen LogP contribution in [-0.4, -0.2) is 15.1 Å². The van der Waals surface area contributed by atoms with E-state index in [4.69, 9.17) is 8.83 Å². The lowest BCUT2D eigenvalue weighted by Gasteiger charge is -1.97. The number of nitrogens with one attached hydrogen (secondary N) is 1. The van der Waals surface area contributed by atoms with E-state index in [-0.39, 0.29) is 5.75 Å². The number of benzene rings is 1. The van der Waals surface area contributed by atoms with Crippen molar-refractivity contribution in [1.82, 2.24) is 9.97 Å². The molecule has 0 atom stereocenters. The molecule has 3 heterocycles. The van der Waals surface area contributed by atoms with Crippen LogP contribution in [0.1, 0.15) is 0 Å². The fraction of sp³-hybridized carbons (Fsp3) is 0. The number of phenols is 1. The summed E-state index contributed by atoms with van der Waals surface area (Å²) in [6.45, 7) is 0. The van der Waals surface area contributed by atoms with Gasteiger partial charge in [-0.25, -0.2) is 4.98 Å². The van der Waals surface area contributed by atoms with Crippen LogP contribution in [0.25, 0.3) is 34.3 Å². The van der Waals surface area contributed by atoms with Gasteiger partial charge in [0.2, 0.25) is 0 Å². The third kappa shape index (κ3) is 2.09. The van der Waals surface area contributed by atoms with E-state index >= 15 is 0 Å². The van der Waals surface area contributed by atoms with Crippen LogP contribution in [0.5, 0.6) is 5.75 Å². The highest BCUT2D eigenvalue weighted by atomic mass is 16.3. The van der Waals surface area contributed by atoms with Gasteiger partial charge >= 0.3 is 0 Å². The average Bonchev–Trinajstić information content (AvgIpc) is 3.27. The molecule has 0 spiro atoms. The number of nitrogens with zero attached hydrogens (tertiary/aromatic N) is 1. The summed E-state index contributed by atoms with van der Waals surface area (Å²) in [5.74, 6) is 2.14. The second-order valence-corrected chi connectivity index (χ2v) is 4.81. The highest BCUT2D eigenvalue weighted by Gasteiger charge is 2.18. The molecular formula is C17H12N2O3. The topological polar surface area (TPSA) is 75.2 Å². The van der Waals surface area contributed by atoms with Crippen molar-refractivity contribution < 1.29 is 13.9 Å². The molecular weight excluding hydrogens is 280 g/mol. The van der Waals surface area contributed by atoms with E-state index in [0.717, 1.165) is 11.3 Å². The van der Waals surface area contributed by atoms with Gasteiger partial charge in [-0.1, -0.05) is 12.1 Å². The predicted octanol–water partition coefficient (Wildman–Crippen LogP) is 4.30. The summed E-state index contributed by atoms with van der Waals surface area (Å²) in [5.41, 5.74) is 2.18. The molecule has 0 aliphatic carbocycles. The number of aromatic amines is 1. The van der Waals surface area contributed by atoms with Gasteiger partial charge in [0.15, 0.2) is 11.5 Å². The third-order valence-electron chi connectivity index (χ3n) is 3.35. The summed E-state index contributed by atoms with van der Waals surface area (Å²) >= 11 is 0. The molecule has 2 N–H and O–H groups in total. The van der Waals surface area contributed by atoms with E-state index in [1.807, 2.05) is 30.3 Å². The van der Waals surface area contributed by atoms with Crippen LogP contribution in [0.2, 0.25) is 0 Å². The highest BCUT2D eigenvalue weighted by Crippen LogP contribution is 2.33. The SMILES string of the molecule is Oc1cccc(-c2nc(-c3ccco3)c(-c3ccco3)[nH]2)c1. The summed E-state index contributed by atoms with van der Waals surface area (Å²) in [6.07, 6.45) is 3.21. The van der Waals surface area contributed by atoms with Crippen molar-refractivity contribution in [2.75, 3.05) is 0 Å². The van der Waals surface area contributed by atoms with E-state index < -0.39 is 0 Å². The number of hydrogen-bond donors (Lipinski definition) is 2. The van der Waals surface area contributed by atoms with Crippen molar-refractivity contribution in [3.63, 3.8) is 0 Å². The molecule has 0 fully saturated rings. The molecule has 3 aromatic heterocycles. The molecule has 0 bridgehead atoms. The maximum Gasteiger partial charge on any atom is 0.154 e. The Labute approximate surface area is 125 Å². The van der Waals surface area contributed by atoms with Gasteiger partial charge in [0.1, 0.15) is 23.0 Å². The van der Waals surface area contributed by atoms with Crippen LogP contribution in [0, 0.1) is 0 Å². The molecule has 0 unspecified atom stereocenters. The largest absolute Gasteiger partial charge is 0.508 e. The van der Waals surface area contributed by atoms with Crippen LogP contribution < -0.4 is 0 Å². The lowest BCUT2D eigenvalue weighted by Crippen LogP contribution is -1.80. The minimum Gasteiger partial charge on any atom is -0.508 e. The highest BCUT2D eigenvalue weighted by molar-refractivity contribution is 5.76. The summed E-state index contributed by atoms with van der Waals surface area (Å²) in [7, 11) is 0. The zero-order chi connectivity index (χ0) is 14.9. The van der Waals surface area contributed by atoms with E-state index in [0.29, 0.717) is 23.0 Å². The molecule has 0 aliphatic rings.